The Bertz CT molecular complexity index is 415. The summed E-state index contributed by atoms with van der Waals surface area (Å²) in [4.78, 5) is 0. The van der Waals surface area contributed by atoms with Gasteiger partial charge in [0.05, 0.1) is 13.2 Å². The number of benzene rings is 1. The van der Waals surface area contributed by atoms with Crippen LogP contribution in [0.15, 0.2) is 24.3 Å². The molecule has 1 atom stereocenters. The van der Waals surface area contributed by atoms with Gasteiger partial charge in [-0.05, 0) is 36.8 Å². The van der Waals surface area contributed by atoms with Gasteiger partial charge in [0.2, 0.25) is 0 Å². The number of aryl methyl sites for hydroxylation is 1. The Kier molecular flexibility index (Phi) is 3.37. The van der Waals surface area contributed by atoms with E-state index in [1.807, 2.05) is 0 Å². The number of hydrogen-bond donors (Lipinski definition) is 1. The number of ether oxygens (including phenoxy) is 2. The third-order valence-electron chi connectivity index (χ3n) is 4.40. The first kappa shape index (κ1) is 12.2. The fourth-order valence-electron chi connectivity index (χ4n) is 3.31. The van der Waals surface area contributed by atoms with E-state index >= 15 is 0 Å². The molecule has 0 saturated carbocycles. The summed E-state index contributed by atoms with van der Waals surface area (Å²) < 4.78 is 11.1. The molecule has 0 aromatic heterocycles. The zero-order chi connectivity index (χ0) is 12.4. The Balaban J connectivity index is 1.74. The summed E-state index contributed by atoms with van der Waals surface area (Å²) in [6, 6.07) is 8.71. The van der Waals surface area contributed by atoms with E-state index in [1.54, 1.807) is 0 Å². The van der Waals surface area contributed by atoms with Crippen LogP contribution in [0.3, 0.4) is 0 Å². The molecule has 0 amide bonds. The summed E-state index contributed by atoms with van der Waals surface area (Å²) in [6.07, 6.45) is 4.31. The molecule has 98 valence electrons. The summed E-state index contributed by atoms with van der Waals surface area (Å²) in [7, 11) is 0. The molecular formula is C15H21NO2. The van der Waals surface area contributed by atoms with Crippen molar-refractivity contribution in [1.82, 2.24) is 0 Å². The lowest BCUT2D eigenvalue weighted by atomic mass is 9.78. The minimum atomic E-state index is -0.0128. The maximum atomic E-state index is 6.09. The van der Waals surface area contributed by atoms with Gasteiger partial charge in [-0.15, -0.1) is 0 Å². The van der Waals surface area contributed by atoms with Crippen LogP contribution in [-0.4, -0.2) is 26.0 Å². The molecule has 1 fully saturated rings. The average molecular weight is 247 g/mol. The van der Waals surface area contributed by atoms with Crippen LogP contribution >= 0.6 is 0 Å². The molecule has 3 nitrogen and oxygen atoms in total. The zero-order valence-corrected chi connectivity index (χ0v) is 10.7. The van der Waals surface area contributed by atoms with Crippen molar-refractivity contribution >= 4 is 0 Å². The number of fused-ring (bicyclic) bond motifs is 1. The molecule has 2 N–H and O–H groups in total. The zero-order valence-electron chi connectivity index (χ0n) is 10.7. The maximum absolute atomic E-state index is 6.09. The van der Waals surface area contributed by atoms with Gasteiger partial charge in [0, 0.05) is 12.0 Å². The third-order valence-corrected chi connectivity index (χ3v) is 4.40. The molecule has 1 aliphatic carbocycles. The Morgan fingerprint density at radius 1 is 1.22 bits per heavy atom. The fraction of sp³-hybridized carbons (Fsp3) is 0.600. The van der Waals surface area contributed by atoms with Crippen LogP contribution in [0.25, 0.3) is 0 Å². The van der Waals surface area contributed by atoms with E-state index < -0.39 is 0 Å². The van der Waals surface area contributed by atoms with Crippen molar-refractivity contribution in [2.75, 3.05) is 19.8 Å². The topological polar surface area (TPSA) is 44.5 Å². The molecule has 18 heavy (non-hydrogen) atoms. The molecule has 3 heteroatoms. The molecule has 1 aliphatic heterocycles. The smallest absolute Gasteiger partial charge is 0.157 e. The molecule has 1 unspecified atom stereocenters. The molecule has 3 rings (SSSR count). The van der Waals surface area contributed by atoms with E-state index in [-0.39, 0.29) is 11.7 Å². The van der Waals surface area contributed by atoms with Crippen LogP contribution in [0.5, 0.6) is 0 Å². The fourth-order valence-corrected chi connectivity index (χ4v) is 3.31. The van der Waals surface area contributed by atoms with Gasteiger partial charge in [-0.25, -0.2) is 0 Å². The number of hydrogen-bond acceptors (Lipinski definition) is 3. The lowest BCUT2D eigenvalue weighted by Gasteiger charge is -2.29. The van der Waals surface area contributed by atoms with Crippen molar-refractivity contribution in [3.05, 3.63) is 35.4 Å². The van der Waals surface area contributed by atoms with Crippen LogP contribution in [-0.2, 0) is 21.3 Å². The Morgan fingerprint density at radius 2 is 2.00 bits per heavy atom. The van der Waals surface area contributed by atoms with Crippen LogP contribution < -0.4 is 5.73 Å². The Hall–Kier alpha value is -0.900. The van der Waals surface area contributed by atoms with E-state index in [9.17, 15) is 0 Å². The largest absolute Gasteiger partial charge is 0.350 e. The van der Waals surface area contributed by atoms with Crippen LogP contribution in [0.4, 0.5) is 0 Å². The van der Waals surface area contributed by atoms with E-state index in [2.05, 4.69) is 24.3 Å². The molecule has 1 aromatic rings. The van der Waals surface area contributed by atoms with E-state index in [1.165, 1.54) is 11.1 Å². The van der Waals surface area contributed by atoms with Gasteiger partial charge in [0.15, 0.2) is 6.29 Å². The molecule has 0 bridgehead atoms. The highest BCUT2D eigenvalue weighted by atomic mass is 16.7. The minimum absolute atomic E-state index is 0.0128. The van der Waals surface area contributed by atoms with Crippen molar-refractivity contribution in [1.29, 1.82) is 0 Å². The van der Waals surface area contributed by atoms with Crippen LogP contribution in [0.1, 0.15) is 30.4 Å². The predicted octanol–water partition coefficient (Wildman–Crippen LogP) is 1.98. The summed E-state index contributed by atoms with van der Waals surface area (Å²) in [5.74, 6) is 0. The van der Waals surface area contributed by atoms with Crippen LogP contribution in [0, 0.1) is 0 Å². The van der Waals surface area contributed by atoms with Crippen molar-refractivity contribution in [2.45, 2.75) is 37.4 Å². The van der Waals surface area contributed by atoms with Gasteiger partial charge in [0.1, 0.15) is 0 Å². The first-order valence-electron chi connectivity index (χ1n) is 6.86. The molecule has 1 heterocycles. The van der Waals surface area contributed by atoms with Gasteiger partial charge in [-0.1, -0.05) is 24.3 Å². The highest BCUT2D eigenvalue weighted by molar-refractivity contribution is 5.39. The summed E-state index contributed by atoms with van der Waals surface area (Å²) >= 11 is 0. The van der Waals surface area contributed by atoms with Crippen molar-refractivity contribution in [2.24, 2.45) is 5.73 Å². The Morgan fingerprint density at radius 3 is 2.78 bits per heavy atom. The standard InChI is InChI=1S/C15H21NO2/c16-11-15(8-6-14-17-9-10-18-14)7-5-12-3-1-2-4-13(12)15/h1-4,14H,5-11,16H2. The average Bonchev–Trinajstić information content (AvgIpc) is 3.05. The normalized spacial score (nSPS) is 27.6. The number of nitrogens with two attached hydrogens (primary N) is 1. The van der Waals surface area contributed by atoms with Gasteiger partial charge in [-0.3, -0.25) is 0 Å². The third kappa shape index (κ3) is 2.07. The molecule has 1 saturated heterocycles. The second-order valence-electron chi connectivity index (χ2n) is 5.35. The molecule has 0 radical (unpaired) electrons. The summed E-state index contributed by atoms with van der Waals surface area (Å²) in [5.41, 5.74) is 9.15. The Labute approximate surface area is 108 Å². The first-order valence-corrected chi connectivity index (χ1v) is 6.86. The van der Waals surface area contributed by atoms with Crippen molar-refractivity contribution in [3.8, 4) is 0 Å². The van der Waals surface area contributed by atoms with Gasteiger partial charge in [0.25, 0.3) is 0 Å². The van der Waals surface area contributed by atoms with E-state index in [0.717, 1.165) is 45.4 Å². The van der Waals surface area contributed by atoms with E-state index in [4.69, 9.17) is 15.2 Å². The maximum Gasteiger partial charge on any atom is 0.157 e. The van der Waals surface area contributed by atoms with Gasteiger partial charge >= 0.3 is 0 Å². The lowest BCUT2D eigenvalue weighted by Crippen LogP contribution is -2.34. The van der Waals surface area contributed by atoms with Crippen molar-refractivity contribution < 1.29 is 9.47 Å². The molecule has 2 aliphatic rings. The molecule has 1 aromatic carbocycles. The second-order valence-corrected chi connectivity index (χ2v) is 5.35. The van der Waals surface area contributed by atoms with Gasteiger partial charge < -0.3 is 15.2 Å². The molecule has 0 spiro atoms. The lowest BCUT2D eigenvalue weighted by molar-refractivity contribution is -0.0511. The van der Waals surface area contributed by atoms with Crippen LogP contribution in [0.2, 0.25) is 0 Å². The predicted molar refractivity (Wildman–Crippen MR) is 70.4 cm³/mol. The second kappa shape index (κ2) is 5.00. The minimum Gasteiger partial charge on any atom is -0.350 e. The summed E-state index contributed by atoms with van der Waals surface area (Å²) in [5, 5.41) is 0. The highest BCUT2D eigenvalue weighted by Gasteiger charge is 2.37. The number of rotatable bonds is 4. The quantitative estimate of drug-likeness (QED) is 0.885. The van der Waals surface area contributed by atoms with E-state index in [0.29, 0.717) is 0 Å². The van der Waals surface area contributed by atoms with Crippen molar-refractivity contribution in [3.63, 3.8) is 0 Å². The highest BCUT2D eigenvalue weighted by Crippen LogP contribution is 2.42. The van der Waals surface area contributed by atoms with Gasteiger partial charge in [-0.2, -0.15) is 0 Å². The SMILES string of the molecule is NCC1(CCC2OCCO2)CCc2ccccc21. The first-order chi connectivity index (χ1) is 8.84. The monoisotopic (exact) mass is 247 g/mol. The molecular weight excluding hydrogens is 226 g/mol. The summed E-state index contributed by atoms with van der Waals surface area (Å²) in [6.45, 7) is 2.19.